The first-order chi connectivity index (χ1) is 9.51. The largest absolute Gasteiger partial charge is 0.334 e. The van der Waals surface area contributed by atoms with E-state index in [9.17, 15) is 14.0 Å². The summed E-state index contributed by atoms with van der Waals surface area (Å²) in [6, 6.07) is 5.48. The molecule has 0 fully saturated rings. The molecule has 0 aliphatic rings. The van der Waals surface area contributed by atoms with Crippen LogP contribution in [0.1, 0.15) is 25.0 Å². The molecule has 1 heterocycles. The van der Waals surface area contributed by atoms with Gasteiger partial charge in [-0.25, -0.2) is 9.36 Å². The first kappa shape index (κ1) is 14.5. The first-order valence-electron chi connectivity index (χ1n) is 6.32. The maximum Gasteiger partial charge on any atom is 0.334 e. The third-order valence-electron chi connectivity index (χ3n) is 3.19. The van der Waals surface area contributed by atoms with E-state index in [0.717, 1.165) is 15.7 Å². The molecule has 1 N–H and O–H groups in total. The van der Waals surface area contributed by atoms with Crippen molar-refractivity contribution in [3.05, 3.63) is 61.1 Å². The lowest BCUT2D eigenvalue weighted by Crippen LogP contribution is -2.37. The maximum atomic E-state index is 13.7. The topological polar surface area (TPSA) is 54.9 Å². The van der Waals surface area contributed by atoms with E-state index in [1.165, 1.54) is 0 Å². The highest BCUT2D eigenvalue weighted by molar-refractivity contribution is 6.29. The van der Waals surface area contributed by atoms with Crippen molar-refractivity contribution in [3.63, 3.8) is 0 Å². The average Bonchev–Trinajstić information content (AvgIpc) is 2.45. The fraction of sp³-hybridized carbons (Fsp3) is 0.286. The molecule has 1 aromatic carbocycles. The summed E-state index contributed by atoms with van der Waals surface area (Å²) in [6.45, 7) is 3.81. The van der Waals surface area contributed by atoms with Crippen molar-refractivity contribution >= 4 is 11.6 Å². The molecular formula is C14H14ClFN2O2. The fourth-order valence-corrected chi connectivity index (χ4v) is 2.36. The van der Waals surface area contributed by atoms with E-state index in [4.69, 9.17) is 11.6 Å². The Hall–Kier alpha value is -1.88. The van der Waals surface area contributed by atoms with Gasteiger partial charge >= 0.3 is 5.69 Å². The molecule has 0 bridgehead atoms. The number of rotatable bonds is 3. The van der Waals surface area contributed by atoms with E-state index >= 15 is 0 Å². The zero-order valence-corrected chi connectivity index (χ0v) is 11.9. The lowest BCUT2D eigenvalue weighted by atomic mass is 10.0. The second kappa shape index (κ2) is 5.63. The molecule has 2 rings (SSSR count). The van der Waals surface area contributed by atoms with Crippen molar-refractivity contribution in [2.75, 3.05) is 0 Å². The van der Waals surface area contributed by atoms with Crippen LogP contribution in [0.3, 0.4) is 0 Å². The number of aryl methyl sites for hydroxylation is 2. The van der Waals surface area contributed by atoms with Crippen LogP contribution in [0, 0.1) is 5.82 Å². The van der Waals surface area contributed by atoms with Crippen molar-refractivity contribution in [1.82, 2.24) is 9.55 Å². The second-order valence-corrected chi connectivity index (χ2v) is 4.71. The maximum absolute atomic E-state index is 13.7. The van der Waals surface area contributed by atoms with Gasteiger partial charge in [0.05, 0.1) is 5.69 Å². The molecule has 0 spiro atoms. The van der Waals surface area contributed by atoms with Crippen LogP contribution in [0.4, 0.5) is 4.39 Å². The Balaban J connectivity index is 2.92. The van der Waals surface area contributed by atoms with Crippen LogP contribution in [0.25, 0.3) is 5.69 Å². The number of hydrogen-bond donors (Lipinski definition) is 1. The number of aromatic nitrogens is 2. The minimum absolute atomic E-state index is 0.444. The summed E-state index contributed by atoms with van der Waals surface area (Å²) < 4.78 is 14.5. The van der Waals surface area contributed by atoms with Gasteiger partial charge in [0.1, 0.15) is 0 Å². The second-order valence-electron chi connectivity index (χ2n) is 4.33. The molecule has 0 amide bonds. The van der Waals surface area contributed by atoms with E-state index in [0.29, 0.717) is 18.5 Å². The Labute approximate surface area is 119 Å². The molecule has 0 aliphatic heterocycles. The van der Waals surface area contributed by atoms with Gasteiger partial charge in [-0.05, 0) is 24.0 Å². The Bertz CT molecular complexity index is 742. The van der Waals surface area contributed by atoms with Crippen LogP contribution in [-0.4, -0.2) is 9.55 Å². The lowest BCUT2D eigenvalue weighted by Gasteiger charge is -2.14. The summed E-state index contributed by atoms with van der Waals surface area (Å²) >= 11 is 5.48. The summed E-state index contributed by atoms with van der Waals surface area (Å²) in [4.78, 5) is 26.2. The third-order valence-corrected chi connectivity index (χ3v) is 3.45. The Morgan fingerprint density at radius 2 is 1.75 bits per heavy atom. The molecule has 1 aromatic heterocycles. The molecule has 0 unspecified atom stereocenters. The molecule has 0 radical (unpaired) electrons. The molecule has 20 heavy (non-hydrogen) atoms. The predicted octanol–water partition coefficient (Wildman–Crippen LogP) is 2.44. The van der Waals surface area contributed by atoms with Gasteiger partial charge in [-0.3, -0.25) is 9.78 Å². The first-order valence-corrected chi connectivity index (χ1v) is 6.70. The zero-order valence-electron chi connectivity index (χ0n) is 11.2. The predicted molar refractivity (Wildman–Crippen MR) is 76.4 cm³/mol. The standard InChI is InChI=1S/C14H14ClFN2O2/c1-3-8-6-5-7-9(4-2)11(8)18-13(19)10(16)12(15)17-14(18)20/h5-7H,3-4H2,1-2H3,(H,17,20). The minimum atomic E-state index is -1.15. The van der Waals surface area contributed by atoms with E-state index in [-0.39, 0.29) is 0 Å². The Morgan fingerprint density at radius 3 is 2.25 bits per heavy atom. The summed E-state index contributed by atoms with van der Waals surface area (Å²) in [5.41, 5.74) is 0.281. The van der Waals surface area contributed by atoms with Crippen molar-refractivity contribution < 1.29 is 4.39 Å². The number of H-pyrrole nitrogens is 1. The van der Waals surface area contributed by atoms with Crippen molar-refractivity contribution in [2.24, 2.45) is 0 Å². The SMILES string of the molecule is CCc1cccc(CC)c1-n1c(=O)[nH]c(Cl)c(F)c1=O. The van der Waals surface area contributed by atoms with Crippen molar-refractivity contribution in [1.29, 1.82) is 0 Å². The zero-order chi connectivity index (χ0) is 14.9. The molecule has 4 nitrogen and oxygen atoms in total. The Morgan fingerprint density at radius 1 is 1.20 bits per heavy atom. The highest BCUT2D eigenvalue weighted by Crippen LogP contribution is 2.19. The van der Waals surface area contributed by atoms with Crippen LogP contribution in [0.2, 0.25) is 5.15 Å². The Kier molecular flexibility index (Phi) is 4.09. The fourth-order valence-electron chi connectivity index (χ4n) is 2.19. The van der Waals surface area contributed by atoms with Crippen LogP contribution < -0.4 is 11.2 Å². The van der Waals surface area contributed by atoms with Crippen LogP contribution in [0.15, 0.2) is 27.8 Å². The lowest BCUT2D eigenvalue weighted by molar-refractivity contribution is 0.583. The molecule has 0 saturated carbocycles. The monoisotopic (exact) mass is 296 g/mol. The molecule has 0 aliphatic carbocycles. The summed E-state index contributed by atoms with van der Waals surface area (Å²) in [5, 5.41) is -0.566. The summed E-state index contributed by atoms with van der Waals surface area (Å²) in [5.74, 6) is -1.15. The molecule has 106 valence electrons. The average molecular weight is 297 g/mol. The van der Waals surface area contributed by atoms with Gasteiger partial charge in [0.15, 0.2) is 5.15 Å². The van der Waals surface area contributed by atoms with E-state index in [1.807, 2.05) is 32.0 Å². The number of hydrogen-bond acceptors (Lipinski definition) is 2. The van der Waals surface area contributed by atoms with Gasteiger partial charge < -0.3 is 0 Å². The highest BCUT2D eigenvalue weighted by Gasteiger charge is 2.17. The van der Waals surface area contributed by atoms with Crippen LogP contribution in [0.5, 0.6) is 0 Å². The molecular weight excluding hydrogens is 283 g/mol. The molecule has 0 saturated heterocycles. The third kappa shape index (κ3) is 2.29. The van der Waals surface area contributed by atoms with Crippen LogP contribution >= 0.6 is 11.6 Å². The number of halogens is 2. The van der Waals surface area contributed by atoms with Gasteiger partial charge in [0.2, 0.25) is 5.82 Å². The minimum Gasteiger partial charge on any atom is -0.295 e. The quantitative estimate of drug-likeness (QED) is 0.885. The number of aromatic amines is 1. The van der Waals surface area contributed by atoms with E-state index < -0.39 is 22.2 Å². The van der Waals surface area contributed by atoms with Gasteiger partial charge in [0, 0.05) is 0 Å². The van der Waals surface area contributed by atoms with Crippen LogP contribution in [-0.2, 0) is 12.8 Å². The molecule has 6 heteroatoms. The molecule has 2 aromatic rings. The summed E-state index contributed by atoms with van der Waals surface area (Å²) in [6.07, 6.45) is 1.25. The highest BCUT2D eigenvalue weighted by atomic mass is 35.5. The smallest absolute Gasteiger partial charge is 0.295 e. The van der Waals surface area contributed by atoms with Crippen molar-refractivity contribution in [2.45, 2.75) is 26.7 Å². The number of benzene rings is 1. The summed E-state index contributed by atoms with van der Waals surface area (Å²) in [7, 11) is 0. The van der Waals surface area contributed by atoms with Gasteiger partial charge in [-0.1, -0.05) is 43.6 Å². The molecule has 0 atom stereocenters. The number of nitrogens with zero attached hydrogens (tertiary/aromatic N) is 1. The van der Waals surface area contributed by atoms with Gasteiger partial charge in [-0.2, -0.15) is 4.39 Å². The normalized spacial score (nSPS) is 10.8. The van der Waals surface area contributed by atoms with E-state index in [2.05, 4.69) is 4.98 Å². The van der Waals surface area contributed by atoms with E-state index in [1.54, 1.807) is 0 Å². The number of nitrogens with one attached hydrogen (secondary N) is 1. The number of para-hydroxylation sites is 1. The van der Waals surface area contributed by atoms with Gasteiger partial charge in [0.25, 0.3) is 5.56 Å². The van der Waals surface area contributed by atoms with Gasteiger partial charge in [-0.15, -0.1) is 0 Å². The van der Waals surface area contributed by atoms with Crippen molar-refractivity contribution in [3.8, 4) is 5.69 Å².